The number of imidazole rings is 2. The molecule has 2 aliphatic heterocycles. The number of benzene rings is 2. The molecule has 6 aromatic heterocycles. The highest BCUT2D eigenvalue weighted by Crippen LogP contribution is 2.29. The van der Waals surface area contributed by atoms with E-state index in [0.29, 0.717) is 22.4 Å². The van der Waals surface area contributed by atoms with Gasteiger partial charge in [0.25, 0.3) is 11.8 Å². The van der Waals surface area contributed by atoms with Gasteiger partial charge in [-0.25, -0.2) is 19.9 Å². The number of likely N-dealkylation sites (N-methyl/N-ethyl adjacent to an activating group) is 2. The van der Waals surface area contributed by atoms with Crippen LogP contribution in [0.15, 0.2) is 84.9 Å². The molecule has 0 unspecified atom stereocenters. The summed E-state index contributed by atoms with van der Waals surface area (Å²) in [6.45, 7) is 8.34. The third kappa shape index (κ3) is 7.65. The molecule has 0 atom stereocenters. The number of hydrogen-bond donors (Lipinski definition) is 2. The number of nitrogens with one attached hydrogen (secondary N) is 2. The summed E-state index contributed by atoms with van der Waals surface area (Å²) in [5.41, 5.74) is 7.69. The van der Waals surface area contributed by atoms with Gasteiger partial charge in [-0.2, -0.15) is 0 Å². The molecule has 60 heavy (non-hydrogen) atoms. The molecule has 0 saturated carbocycles. The predicted molar refractivity (Wildman–Crippen MR) is 236 cm³/mol. The highest BCUT2D eigenvalue weighted by molar-refractivity contribution is 6.06. The summed E-state index contributed by atoms with van der Waals surface area (Å²) in [5.74, 6) is 1.66. The Balaban J connectivity index is 0.000000164. The number of anilines is 2. The molecule has 0 aliphatic carbocycles. The lowest BCUT2D eigenvalue weighted by molar-refractivity contribution is -0.887. The lowest BCUT2D eigenvalue weighted by Gasteiger charge is -2.28. The number of nitrogens with zero attached hydrogens (tertiary/aromatic N) is 10. The second kappa shape index (κ2) is 16.8. The Labute approximate surface area is 365 Å². The zero-order valence-electron chi connectivity index (χ0n) is 34.8. The van der Waals surface area contributed by atoms with Gasteiger partial charge in [0, 0.05) is 57.5 Å². The van der Waals surface area contributed by atoms with Gasteiger partial charge in [-0.1, -0.05) is 24.3 Å². The van der Waals surface area contributed by atoms with Gasteiger partial charge in [0.15, 0.2) is 11.3 Å². The van der Waals surface area contributed by atoms with Crippen LogP contribution in [0.1, 0.15) is 33.6 Å². The lowest BCUT2D eigenvalue weighted by Crippen LogP contribution is -3.00. The van der Waals surface area contributed by atoms with E-state index in [1.807, 2.05) is 69.5 Å². The third-order valence-corrected chi connectivity index (χ3v) is 11.9. The minimum atomic E-state index is -0.146. The number of fused-ring (bicyclic) bond motifs is 10. The molecule has 2 aliphatic rings. The zero-order chi connectivity index (χ0) is 40.8. The fourth-order valence-corrected chi connectivity index (χ4v) is 8.53. The molecular formula is C45H51IN12O2. The maximum atomic E-state index is 12.6. The minimum Gasteiger partial charge on any atom is -1.00 e. The summed E-state index contributed by atoms with van der Waals surface area (Å²) in [6, 6.07) is 28.0. The standard InChI is InChI=1S/C23H26N6O.C22H24N6O.HI/c1-24-23(30)17-15-16-9-10-20(27-11-6-13-29(2,3)14-12-27)26-21(16)28-19-8-5-4-7-18(19)25-22(17)28;1-23-22(29)16-14-15-8-9-19(27-11-5-10-26(2)12-13-27)25-20(15)28-18-7-4-3-6-17(18)24-21(16)28;/h4-5,7-10,15H,6,11-14H2,1-3H3;3-4,6-9,14H,5,10-13H2,1-2H3,(H,23,29);1H. The van der Waals surface area contributed by atoms with Crippen molar-refractivity contribution in [3.63, 3.8) is 0 Å². The van der Waals surface area contributed by atoms with Gasteiger partial charge in [-0.15, -0.1) is 0 Å². The zero-order valence-corrected chi connectivity index (χ0v) is 37.0. The second-order valence-corrected chi connectivity index (χ2v) is 16.3. The van der Waals surface area contributed by atoms with Gasteiger partial charge >= 0.3 is 0 Å². The predicted octanol–water partition coefficient (Wildman–Crippen LogP) is 2.22. The smallest absolute Gasteiger partial charge is 0.254 e. The number of aromatic nitrogens is 6. The third-order valence-electron chi connectivity index (χ3n) is 11.9. The number of halogens is 1. The summed E-state index contributed by atoms with van der Waals surface area (Å²) < 4.78 is 5.08. The number of amides is 2. The van der Waals surface area contributed by atoms with E-state index in [2.05, 4.69) is 70.7 Å². The van der Waals surface area contributed by atoms with E-state index in [1.54, 1.807) is 14.1 Å². The summed E-state index contributed by atoms with van der Waals surface area (Å²) in [6.07, 6.45) is 2.26. The summed E-state index contributed by atoms with van der Waals surface area (Å²) in [7, 11) is 10.0. The number of para-hydroxylation sites is 4. The molecule has 15 heteroatoms. The van der Waals surface area contributed by atoms with E-state index < -0.39 is 0 Å². The average molecular weight is 919 g/mol. The molecular weight excluding hydrogens is 867 g/mol. The number of pyridine rings is 4. The van der Waals surface area contributed by atoms with Gasteiger partial charge < -0.3 is 53.8 Å². The number of carbonyl (C=O) groups is 2. The van der Waals surface area contributed by atoms with Crippen molar-refractivity contribution in [2.75, 3.05) is 97.4 Å². The van der Waals surface area contributed by atoms with Crippen molar-refractivity contribution in [1.82, 2.24) is 44.3 Å². The van der Waals surface area contributed by atoms with Crippen LogP contribution in [-0.4, -0.2) is 138 Å². The Hall–Kier alpha value is -5.65. The summed E-state index contributed by atoms with van der Waals surface area (Å²) in [4.78, 5) is 51.8. The Morgan fingerprint density at radius 1 is 0.567 bits per heavy atom. The largest absolute Gasteiger partial charge is 1.00 e. The van der Waals surface area contributed by atoms with E-state index in [9.17, 15) is 9.59 Å². The van der Waals surface area contributed by atoms with Crippen molar-refractivity contribution >= 4 is 78.9 Å². The quantitative estimate of drug-likeness (QED) is 0.202. The highest BCUT2D eigenvalue weighted by atomic mass is 127. The number of quaternary nitrogens is 1. The highest BCUT2D eigenvalue weighted by Gasteiger charge is 2.24. The molecule has 310 valence electrons. The van der Waals surface area contributed by atoms with E-state index >= 15 is 0 Å². The van der Waals surface area contributed by atoms with Crippen molar-refractivity contribution in [2.45, 2.75) is 12.8 Å². The van der Waals surface area contributed by atoms with E-state index in [-0.39, 0.29) is 35.8 Å². The Kier molecular flexibility index (Phi) is 11.5. The molecule has 0 bridgehead atoms. The first-order valence-corrected chi connectivity index (χ1v) is 20.5. The molecule has 0 spiro atoms. The first-order chi connectivity index (χ1) is 28.6. The molecule has 14 nitrogen and oxygen atoms in total. The van der Waals surface area contributed by atoms with Crippen LogP contribution in [0.3, 0.4) is 0 Å². The van der Waals surface area contributed by atoms with Crippen LogP contribution in [0.5, 0.6) is 0 Å². The summed E-state index contributed by atoms with van der Waals surface area (Å²) >= 11 is 0. The molecule has 8 heterocycles. The maximum Gasteiger partial charge on any atom is 0.254 e. The molecule has 2 saturated heterocycles. The van der Waals surface area contributed by atoms with Crippen molar-refractivity contribution in [3.05, 3.63) is 96.1 Å². The van der Waals surface area contributed by atoms with Crippen LogP contribution < -0.4 is 44.4 Å². The fourth-order valence-electron chi connectivity index (χ4n) is 8.53. The first-order valence-electron chi connectivity index (χ1n) is 20.5. The molecule has 2 amide bonds. The van der Waals surface area contributed by atoms with E-state index in [4.69, 9.17) is 19.9 Å². The molecule has 2 N–H and O–H groups in total. The van der Waals surface area contributed by atoms with Crippen molar-refractivity contribution in [3.8, 4) is 0 Å². The fraction of sp³-hybridized carbons (Fsp3) is 0.333. The monoisotopic (exact) mass is 918 g/mol. The average Bonchev–Trinajstić information content (AvgIpc) is 3.69. The van der Waals surface area contributed by atoms with Crippen LogP contribution in [-0.2, 0) is 0 Å². The van der Waals surface area contributed by atoms with Crippen LogP contribution >= 0.6 is 0 Å². The molecule has 8 aromatic rings. The summed E-state index contributed by atoms with van der Waals surface area (Å²) in [5, 5.41) is 7.32. The molecule has 2 aromatic carbocycles. The normalized spacial score (nSPS) is 16.1. The Morgan fingerprint density at radius 2 is 1.07 bits per heavy atom. The SMILES string of the molecule is CNC(=O)c1cc2ccc(N3CCCN(C)CC3)nc2n2c1nc1ccccc12.CNC(=O)c1cc2ccc(N3CCC[N+](C)(C)CC3)nc2n2c1nc1ccccc12.[I-]. The van der Waals surface area contributed by atoms with Crippen molar-refractivity contribution in [1.29, 1.82) is 0 Å². The second-order valence-electron chi connectivity index (χ2n) is 16.3. The Morgan fingerprint density at radius 3 is 1.60 bits per heavy atom. The minimum absolute atomic E-state index is 0. The molecule has 0 radical (unpaired) electrons. The first kappa shape index (κ1) is 41.1. The van der Waals surface area contributed by atoms with Crippen LogP contribution in [0, 0.1) is 0 Å². The maximum absolute atomic E-state index is 12.6. The lowest BCUT2D eigenvalue weighted by atomic mass is 10.2. The van der Waals surface area contributed by atoms with Gasteiger partial charge in [0.05, 0.1) is 66.9 Å². The van der Waals surface area contributed by atoms with Gasteiger partial charge in [0.1, 0.15) is 22.9 Å². The van der Waals surface area contributed by atoms with Gasteiger partial charge in [-0.05, 0) is 80.7 Å². The van der Waals surface area contributed by atoms with Crippen LogP contribution in [0.4, 0.5) is 11.6 Å². The number of carbonyl (C=O) groups excluding carboxylic acids is 2. The topological polar surface area (TPSA) is 128 Å². The van der Waals surface area contributed by atoms with E-state index in [1.165, 1.54) is 6.54 Å². The van der Waals surface area contributed by atoms with Crippen LogP contribution in [0.2, 0.25) is 0 Å². The van der Waals surface area contributed by atoms with Crippen LogP contribution in [0.25, 0.3) is 55.4 Å². The van der Waals surface area contributed by atoms with Crippen molar-refractivity contribution < 1.29 is 38.0 Å². The molecule has 10 rings (SSSR count). The number of rotatable bonds is 4. The van der Waals surface area contributed by atoms with Gasteiger partial charge in [-0.3, -0.25) is 18.4 Å². The van der Waals surface area contributed by atoms with Crippen molar-refractivity contribution in [2.24, 2.45) is 0 Å². The Bertz CT molecular complexity index is 2910. The number of hydrogen-bond acceptors (Lipinski definition) is 9. The van der Waals surface area contributed by atoms with E-state index in [0.717, 1.165) is 119 Å². The van der Waals surface area contributed by atoms with Gasteiger partial charge in [0.2, 0.25) is 0 Å². The molecule has 2 fully saturated rings.